The quantitative estimate of drug-likeness (QED) is 0.487. The molecule has 0 atom stereocenters. The maximum Gasteiger partial charge on any atom is -0.0103 e. The highest BCUT2D eigenvalue weighted by atomic mass is 14.5. The molecule has 1 heteroatoms. The van der Waals surface area contributed by atoms with Crippen LogP contribution in [0.25, 0.3) is 0 Å². The Morgan fingerprint density at radius 1 is 1.80 bits per heavy atom. The third-order valence-electron chi connectivity index (χ3n) is 0.372. The van der Waals surface area contributed by atoms with E-state index in [1.54, 1.807) is 6.20 Å². The zero-order chi connectivity index (χ0) is 4.12. The van der Waals surface area contributed by atoms with Crippen molar-refractivity contribution in [3.05, 3.63) is 12.3 Å². The van der Waals surface area contributed by atoms with E-state index in [-0.39, 0.29) is 0 Å². The van der Waals surface area contributed by atoms with Gasteiger partial charge in [0.15, 0.2) is 0 Å². The van der Waals surface area contributed by atoms with E-state index in [0.29, 0.717) is 0 Å². The Kier molecular flexibility index (Phi) is 3.21. The van der Waals surface area contributed by atoms with Crippen LogP contribution in [0.3, 0.4) is 0 Å². The molecular weight excluding hydrogens is 62.1 g/mol. The van der Waals surface area contributed by atoms with E-state index in [1.165, 1.54) is 0 Å². The highest BCUT2D eigenvalue weighted by Gasteiger charge is 1.52. The average molecular weight is 71.1 g/mol. The second kappa shape index (κ2) is 3.54. The lowest BCUT2D eigenvalue weighted by molar-refractivity contribution is 1.21. The average Bonchev–Trinajstić information content (AvgIpc) is 1.41. The van der Waals surface area contributed by atoms with E-state index in [9.17, 15) is 0 Å². The van der Waals surface area contributed by atoms with Crippen LogP contribution in [0.1, 0.15) is 13.3 Å². The van der Waals surface area contributed by atoms with Gasteiger partial charge >= 0.3 is 0 Å². The van der Waals surface area contributed by atoms with E-state index in [2.05, 4.69) is 0 Å². The van der Waals surface area contributed by atoms with Crippen molar-refractivity contribution in [3.63, 3.8) is 0 Å². The van der Waals surface area contributed by atoms with Crippen molar-refractivity contribution < 1.29 is 0 Å². The molecule has 2 N–H and O–H groups in total. The summed E-state index contributed by atoms with van der Waals surface area (Å²) in [6.07, 6.45) is 4.50. The summed E-state index contributed by atoms with van der Waals surface area (Å²) in [5, 5.41) is 0. The van der Waals surface area contributed by atoms with Gasteiger partial charge in [-0.25, -0.2) is 0 Å². The number of nitrogens with two attached hydrogens (primary N) is 1. The van der Waals surface area contributed by atoms with E-state index in [4.69, 9.17) is 5.73 Å². The van der Waals surface area contributed by atoms with Gasteiger partial charge in [0.1, 0.15) is 0 Å². The molecule has 0 rings (SSSR count). The molecule has 0 unspecified atom stereocenters. The molecule has 0 aliphatic carbocycles. The summed E-state index contributed by atoms with van der Waals surface area (Å²) in [4.78, 5) is 0. The monoisotopic (exact) mass is 71.1 g/mol. The number of hydrogen-bond acceptors (Lipinski definition) is 1. The molecule has 5 heavy (non-hydrogen) atoms. The maximum atomic E-state index is 4.96. The Balaban J connectivity index is 2.62. The van der Waals surface area contributed by atoms with E-state index >= 15 is 0 Å². The smallest absolute Gasteiger partial charge is 0.0103 e. The molecule has 0 aromatic rings. The summed E-state index contributed by atoms with van der Waals surface area (Å²) < 4.78 is 0. The zero-order valence-electron chi connectivity index (χ0n) is 3.44. The lowest BCUT2D eigenvalue weighted by Crippen LogP contribution is -1.72. The topological polar surface area (TPSA) is 26.0 Å². The Hall–Kier alpha value is -0.460. The van der Waals surface area contributed by atoms with Crippen molar-refractivity contribution in [1.29, 1.82) is 0 Å². The van der Waals surface area contributed by atoms with Crippen LogP contribution in [-0.4, -0.2) is 0 Å². The molecule has 0 aromatic carbocycles. The molecule has 0 saturated heterocycles. The molecule has 30 valence electrons. The molecule has 0 saturated carbocycles. The predicted octanol–water partition coefficient (Wildman–Crippen LogP) is 0.869. The molecule has 0 aliphatic rings. The van der Waals surface area contributed by atoms with Crippen LogP contribution in [0.4, 0.5) is 0 Å². The lowest BCUT2D eigenvalue weighted by atomic mass is 10.5. The highest BCUT2D eigenvalue weighted by Crippen LogP contribution is 1.69. The molecule has 0 spiro atoms. The van der Waals surface area contributed by atoms with Crippen LogP contribution >= 0.6 is 0 Å². The fourth-order valence-corrected chi connectivity index (χ4v) is 0.136. The first-order chi connectivity index (χ1) is 2.41. The van der Waals surface area contributed by atoms with Crippen molar-refractivity contribution in [2.75, 3.05) is 0 Å². The van der Waals surface area contributed by atoms with Gasteiger partial charge in [0.05, 0.1) is 0 Å². The standard InChI is InChI=1S/C4H9N/c1-2-3-4-5/h3-4H,2,5H2,1H3/b4-3-. The molecule has 0 amide bonds. The van der Waals surface area contributed by atoms with Crippen LogP contribution in [0.2, 0.25) is 0 Å². The van der Waals surface area contributed by atoms with Gasteiger partial charge in [-0.15, -0.1) is 0 Å². The summed E-state index contributed by atoms with van der Waals surface area (Å²) in [7, 11) is 0. The zero-order valence-corrected chi connectivity index (χ0v) is 3.44. The Morgan fingerprint density at radius 2 is 2.40 bits per heavy atom. The second-order valence-corrected chi connectivity index (χ2v) is 0.836. The maximum absolute atomic E-state index is 4.96. The third kappa shape index (κ3) is 3.54. The minimum atomic E-state index is 1.04. The first-order valence-corrected chi connectivity index (χ1v) is 1.78. The Morgan fingerprint density at radius 3 is 2.40 bits per heavy atom. The van der Waals surface area contributed by atoms with E-state index in [1.807, 2.05) is 13.0 Å². The van der Waals surface area contributed by atoms with Crippen LogP contribution in [0, 0.1) is 0 Å². The van der Waals surface area contributed by atoms with Crippen molar-refractivity contribution >= 4 is 0 Å². The van der Waals surface area contributed by atoms with Crippen LogP contribution in [0.5, 0.6) is 0 Å². The highest BCUT2D eigenvalue weighted by molar-refractivity contribution is 4.71. The van der Waals surface area contributed by atoms with Gasteiger partial charge in [0.2, 0.25) is 0 Å². The van der Waals surface area contributed by atoms with Gasteiger partial charge in [-0.1, -0.05) is 13.0 Å². The molecule has 0 radical (unpaired) electrons. The molecule has 0 heterocycles. The van der Waals surface area contributed by atoms with Gasteiger partial charge < -0.3 is 5.73 Å². The summed E-state index contributed by atoms with van der Waals surface area (Å²) in [5.74, 6) is 0. The van der Waals surface area contributed by atoms with Gasteiger partial charge in [-0.3, -0.25) is 0 Å². The fraction of sp³-hybridized carbons (Fsp3) is 0.500. The summed E-state index contributed by atoms with van der Waals surface area (Å²) >= 11 is 0. The molecule has 0 bridgehead atoms. The molecule has 0 aliphatic heterocycles. The second-order valence-electron chi connectivity index (χ2n) is 0.836. The normalized spacial score (nSPS) is 9.80. The van der Waals surface area contributed by atoms with E-state index < -0.39 is 0 Å². The molecule has 0 fully saturated rings. The van der Waals surface area contributed by atoms with Crippen molar-refractivity contribution in [3.8, 4) is 0 Å². The first-order valence-electron chi connectivity index (χ1n) is 1.78. The van der Waals surface area contributed by atoms with Crippen molar-refractivity contribution in [1.82, 2.24) is 0 Å². The third-order valence-corrected chi connectivity index (χ3v) is 0.372. The van der Waals surface area contributed by atoms with Gasteiger partial charge in [-0.05, 0) is 12.6 Å². The fourth-order valence-electron chi connectivity index (χ4n) is 0.136. The Bertz CT molecular complexity index is 30.6. The van der Waals surface area contributed by atoms with Crippen LogP contribution in [-0.2, 0) is 0 Å². The van der Waals surface area contributed by atoms with Crippen molar-refractivity contribution in [2.45, 2.75) is 13.3 Å². The van der Waals surface area contributed by atoms with Crippen LogP contribution in [0.15, 0.2) is 12.3 Å². The minimum absolute atomic E-state index is 1.04. The first kappa shape index (κ1) is 4.54. The SMILES string of the molecule is CC/C=C\N. The van der Waals surface area contributed by atoms with Crippen molar-refractivity contribution in [2.24, 2.45) is 5.73 Å². The number of rotatable bonds is 1. The minimum Gasteiger partial charge on any atom is -0.405 e. The summed E-state index contributed by atoms with van der Waals surface area (Å²) in [6.45, 7) is 2.04. The van der Waals surface area contributed by atoms with Gasteiger partial charge in [0.25, 0.3) is 0 Å². The molecule has 0 aromatic heterocycles. The molecular formula is C4H9N. The Labute approximate surface area is 32.5 Å². The summed E-state index contributed by atoms with van der Waals surface area (Å²) in [6, 6.07) is 0. The van der Waals surface area contributed by atoms with E-state index in [0.717, 1.165) is 6.42 Å². The number of allylic oxidation sites excluding steroid dienone is 1. The largest absolute Gasteiger partial charge is 0.405 e. The molecule has 1 nitrogen and oxygen atoms in total. The number of hydrogen-bond donors (Lipinski definition) is 1. The van der Waals surface area contributed by atoms with Crippen LogP contribution < -0.4 is 5.73 Å². The van der Waals surface area contributed by atoms with Gasteiger partial charge in [-0.2, -0.15) is 0 Å². The summed E-state index contributed by atoms with van der Waals surface area (Å²) in [5.41, 5.74) is 4.96. The van der Waals surface area contributed by atoms with Gasteiger partial charge in [0, 0.05) is 0 Å². The predicted molar refractivity (Wildman–Crippen MR) is 23.6 cm³/mol. The lowest BCUT2D eigenvalue weighted by Gasteiger charge is -1.66.